The summed E-state index contributed by atoms with van der Waals surface area (Å²) in [5.74, 6) is -0.855. The molecule has 0 bridgehead atoms. The first kappa shape index (κ1) is 18.9. The zero-order chi connectivity index (χ0) is 19.6. The van der Waals surface area contributed by atoms with Gasteiger partial charge in [-0.05, 0) is 30.3 Å². The number of ether oxygens (including phenoxy) is 1. The molecule has 8 heteroatoms. The molecule has 1 N–H and O–H groups in total. The second-order valence-corrected chi connectivity index (χ2v) is 8.19. The van der Waals surface area contributed by atoms with Crippen LogP contribution in [-0.2, 0) is 21.4 Å². The van der Waals surface area contributed by atoms with E-state index in [2.05, 4.69) is 5.32 Å². The Labute approximate surface area is 158 Å². The van der Waals surface area contributed by atoms with Gasteiger partial charge in [0.25, 0.3) is 5.91 Å². The molecule has 3 rings (SSSR count). The summed E-state index contributed by atoms with van der Waals surface area (Å²) in [4.78, 5) is 24.5. The number of carbonyl (C=O) groups excluding carboxylic acids is 2. The molecule has 1 aliphatic heterocycles. The summed E-state index contributed by atoms with van der Waals surface area (Å²) >= 11 is 0. The number of sulfonamides is 1. The highest BCUT2D eigenvalue weighted by Gasteiger charge is 2.41. The van der Waals surface area contributed by atoms with Gasteiger partial charge >= 0.3 is 0 Å². The van der Waals surface area contributed by atoms with E-state index in [1.807, 2.05) is 24.3 Å². The maximum absolute atomic E-state index is 12.3. The van der Waals surface area contributed by atoms with Gasteiger partial charge in [0.1, 0.15) is 5.75 Å². The number of para-hydroxylation sites is 1. The summed E-state index contributed by atoms with van der Waals surface area (Å²) < 4.78 is 30.3. The third kappa shape index (κ3) is 3.80. The Morgan fingerprint density at radius 3 is 2.44 bits per heavy atom. The molecule has 1 saturated heterocycles. The molecule has 2 aromatic rings. The van der Waals surface area contributed by atoms with Crippen LogP contribution in [-0.4, -0.2) is 33.1 Å². The number of nitrogens with zero attached hydrogens (tertiary/aromatic N) is 1. The van der Waals surface area contributed by atoms with Crippen LogP contribution in [0, 0.1) is 5.92 Å². The van der Waals surface area contributed by atoms with Crippen molar-refractivity contribution in [2.24, 2.45) is 5.92 Å². The fourth-order valence-corrected chi connectivity index (χ4v) is 4.78. The number of carbonyl (C=O) groups is 2. The minimum absolute atomic E-state index is 0.201. The Morgan fingerprint density at radius 1 is 1.19 bits per heavy atom. The van der Waals surface area contributed by atoms with Gasteiger partial charge in [0, 0.05) is 17.7 Å². The second-order valence-electron chi connectivity index (χ2n) is 6.32. The number of hydrogen-bond donors (Lipinski definition) is 1. The number of benzene rings is 2. The molecule has 1 atom stereocenters. The smallest absolute Gasteiger partial charge is 0.251 e. The Hall–Kier alpha value is -2.87. The van der Waals surface area contributed by atoms with E-state index < -0.39 is 21.8 Å². The minimum Gasteiger partial charge on any atom is -0.496 e. The molecular formula is C19H20N2O5S. The average molecular weight is 388 g/mol. The third-order valence-electron chi connectivity index (χ3n) is 4.36. The van der Waals surface area contributed by atoms with Gasteiger partial charge in [-0.2, -0.15) is 0 Å². The van der Waals surface area contributed by atoms with Crippen LogP contribution in [0.1, 0.15) is 22.8 Å². The molecule has 0 radical (unpaired) electrons. The first-order valence-electron chi connectivity index (χ1n) is 8.40. The normalized spacial score (nSPS) is 18.4. The lowest BCUT2D eigenvalue weighted by Crippen LogP contribution is -2.30. The highest BCUT2D eigenvalue weighted by atomic mass is 32.2. The first-order chi connectivity index (χ1) is 12.8. The Kier molecular flexibility index (Phi) is 5.18. The van der Waals surface area contributed by atoms with Gasteiger partial charge in [-0.15, -0.1) is 0 Å². The predicted octanol–water partition coefficient (Wildman–Crippen LogP) is 1.94. The minimum atomic E-state index is -3.66. The fourth-order valence-electron chi connectivity index (χ4n) is 2.96. The molecule has 1 aliphatic rings. The van der Waals surface area contributed by atoms with E-state index in [0.29, 0.717) is 17.9 Å². The number of anilines is 1. The Balaban J connectivity index is 1.72. The number of nitrogens with one attached hydrogen (secondary N) is 1. The van der Waals surface area contributed by atoms with Crippen molar-refractivity contribution in [3.05, 3.63) is 59.7 Å². The van der Waals surface area contributed by atoms with Crippen LogP contribution in [0.2, 0.25) is 0 Å². The van der Waals surface area contributed by atoms with Crippen molar-refractivity contribution < 1.29 is 22.7 Å². The van der Waals surface area contributed by atoms with Gasteiger partial charge in [0.05, 0.1) is 24.5 Å². The number of amides is 2. The molecule has 7 nitrogen and oxygen atoms in total. The van der Waals surface area contributed by atoms with E-state index in [1.54, 1.807) is 14.0 Å². The van der Waals surface area contributed by atoms with E-state index in [9.17, 15) is 18.0 Å². The van der Waals surface area contributed by atoms with Crippen LogP contribution in [0.25, 0.3) is 0 Å². The lowest BCUT2D eigenvalue weighted by Gasteiger charge is -2.15. The van der Waals surface area contributed by atoms with Gasteiger partial charge < -0.3 is 10.1 Å². The summed E-state index contributed by atoms with van der Waals surface area (Å²) in [6.07, 6.45) is 0. The quantitative estimate of drug-likeness (QED) is 0.845. The van der Waals surface area contributed by atoms with Gasteiger partial charge in [0.2, 0.25) is 15.9 Å². The van der Waals surface area contributed by atoms with Crippen LogP contribution >= 0.6 is 0 Å². The number of methoxy groups -OCH3 is 1. The van der Waals surface area contributed by atoms with Crippen LogP contribution in [0.3, 0.4) is 0 Å². The first-order valence-corrected chi connectivity index (χ1v) is 10.0. The van der Waals surface area contributed by atoms with Crippen LogP contribution in [0.5, 0.6) is 5.75 Å². The monoisotopic (exact) mass is 388 g/mol. The summed E-state index contributed by atoms with van der Waals surface area (Å²) in [5.41, 5.74) is 1.45. The molecule has 0 aromatic heterocycles. The molecule has 142 valence electrons. The number of hydrogen-bond acceptors (Lipinski definition) is 5. The highest BCUT2D eigenvalue weighted by Crippen LogP contribution is 2.28. The van der Waals surface area contributed by atoms with E-state index in [1.165, 1.54) is 24.3 Å². The average Bonchev–Trinajstić information content (AvgIpc) is 2.87. The molecule has 0 aliphatic carbocycles. The molecular weight excluding hydrogens is 368 g/mol. The standard InChI is InChI=1S/C19H20N2O5S/c1-13-12-27(24,25)21(19(13)23)16-9-7-14(8-10-16)18(22)20-11-15-5-3-4-6-17(15)26-2/h3-10,13H,11-12H2,1-2H3,(H,20,22)/t13-/m1/s1. The van der Waals surface area contributed by atoms with Crippen molar-refractivity contribution in [3.63, 3.8) is 0 Å². The van der Waals surface area contributed by atoms with Crippen molar-refractivity contribution in [2.75, 3.05) is 17.2 Å². The van der Waals surface area contributed by atoms with E-state index in [0.717, 1.165) is 9.87 Å². The van der Waals surface area contributed by atoms with Gasteiger partial charge in [-0.25, -0.2) is 12.7 Å². The van der Waals surface area contributed by atoms with Crippen molar-refractivity contribution >= 4 is 27.5 Å². The lowest BCUT2D eigenvalue weighted by atomic mass is 10.1. The van der Waals surface area contributed by atoms with Gasteiger partial charge in [-0.1, -0.05) is 25.1 Å². The Bertz CT molecular complexity index is 970. The van der Waals surface area contributed by atoms with Crippen LogP contribution < -0.4 is 14.4 Å². The third-order valence-corrected chi connectivity index (χ3v) is 6.22. The van der Waals surface area contributed by atoms with E-state index in [4.69, 9.17) is 4.74 Å². The molecule has 0 spiro atoms. The SMILES string of the molecule is COc1ccccc1CNC(=O)c1ccc(N2C(=O)[C@H](C)CS2(=O)=O)cc1. The largest absolute Gasteiger partial charge is 0.496 e. The molecule has 2 aromatic carbocycles. The molecule has 1 heterocycles. The molecule has 0 saturated carbocycles. The van der Waals surface area contributed by atoms with Crippen molar-refractivity contribution in [2.45, 2.75) is 13.5 Å². The topological polar surface area (TPSA) is 92.8 Å². The van der Waals surface area contributed by atoms with Gasteiger partial charge in [0.15, 0.2) is 0 Å². The molecule has 0 unspecified atom stereocenters. The molecule has 2 amide bonds. The van der Waals surface area contributed by atoms with Crippen LogP contribution in [0.4, 0.5) is 5.69 Å². The lowest BCUT2D eigenvalue weighted by molar-refractivity contribution is -0.119. The summed E-state index contributed by atoms with van der Waals surface area (Å²) in [6, 6.07) is 13.3. The maximum Gasteiger partial charge on any atom is 0.251 e. The molecule has 1 fully saturated rings. The molecule has 27 heavy (non-hydrogen) atoms. The fraction of sp³-hybridized carbons (Fsp3) is 0.263. The predicted molar refractivity (Wildman–Crippen MR) is 101 cm³/mol. The van der Waals surface area contributed by atoms with Crippen molar-refractivity contribution in [1.82, 2.24) is 5.32 Å². The van der Waals surface area contributed by atoms with Crippen LogP contribution in [0.15, 0.2) is 48.5 Å². The zero-order valence-corrected chi connectivity index (χ0v) is 15.8. The summed E-state index contributed by atoms with van der Waals surface area (Å²) in [7, 11) is -2.09. The second kappa shape index (κ2) is 7.40. The Morgan fingerprint density at radius 2 is 1.85 bits per heavy atom. The van der Waals surface area contributed by atoms with Gasteiger partial charge in [-0.3, -0.25) is 9.59 Å². The van der Waals surface area contributed by atoms with E-state index in [-0.39, 0.29) is 17.3 Å². The van der Waals surface area contributed by atoms with Crippen molar-refractivity contribution in [3.8, 4) is 5.75 Å². The summed E-state index contributed by atoms with van der Waals surface area (Å²) in [5, 5.41) is 2.79. The van der Waals surface area contributed by atoms with Crippen molar-refractivity contribution in [1.29, 1.82) is 0 Å². The highest BCUT2D eigenvalue weighted by molar-refractivity contribution is 7.94. The zero-order valence-electron chi connectivity index (χ0n) is 15.0. The van der Waals surface area contributed by atoms with E-state index >= 15 is 0 Å². The summed E-state index contributed by atoms with van der Waals surface area (Å²) in [6.45, 7) is 1.88. The maximum atomic E-state index is 12.3. The number of rotatable bonds is 5.